The minimum atomic E-state index is 0.0470. The van der Waals surface area contributed by atoms with Gasteiger partial charge in [-0.3, -0.25) is 9.59 Å². The average Bonchev–Trinajstić information content (AvgIpc) is 3.20. The molecule has 0 atom stereocenters. The maximum atomic E-state index is 12.6. The molecule has 2 aliphatic heterocycles. The topological polar surface area (TPSA) is 60.9 Å². The van der Waals surface area contributed by atoms with Gasteiger partial charge in [-0.15, -0.1) is 11.8 Å². The minimum absolute atomic E-state index is 0.0470. The molecule has 2 saturated heterocycles. The minimum Gasteiger partial charge on any atom is -0.396 e. The molecule has 2 amide bonds. The van der Waals surface area contributed by atoms with Crippen molar-refractivity contribution in [1.29, 1.82) is 0 Å². The van der Waals surface area contributed by atoms with Crippen molar-refractivity contribution in [2.45, 2.75) is 30.6 Å². The molecule has 0 aromatic heterocycles. The van der Waals surface area contributed by atoms with E-state index in [0.29, 0.717) is 24.4 Å². The summed E-state index contributed by atoms with van der Waals surface area (Å²) in [5, 5.41) is 8.86. The third kappa shape index (κ3) is 4.55. The Hall–Kier alpha value is -1.53. The number of hydrogen-bond donors (Lipinski definition) is 1. The zero-order chi connectivity index (χ0) is 17.6. The summed E-state index contributed by atoms with van der Waals surface area (Å²) in [6.07, 6.45) is 3.78. The smallest absolute Gasteiger partial charge is 0.253 e. The molecular weight excluding hydrogens is 336 g/mol. The zero-order valence-corrected chi connectivity index (χ0v) is 15.3. The van der Waals surface area contributed by atoms with Crippen LogP contribution in [0.2, 0.25) is 0 Å². The number of nitrogens with zero attached hydrogens (tertiary/aromatic N) is 2. The van der Waals surface area contributed by atoms with Gasteiger partial charge in [0.25, 0.3) is 5.91 Å². The van der Waals surface area contributed by atoms with E-state index >= 15 is 0 Å². The van der Waals surface area contributed by atoms with Gasteiger partial charge in [0.15, 0.2) is 0 Å². The van der Waals surface area contributed by atoms with Crippen molar-refractivity contribution in [3.8, 4) is 0 Å². The van der Waals surface area contributed by atoms with Crippen molar-refractivity contribution < 1.29 is 14.7 Å². The molecule has 0 spiro atoms. The lowest BCUT2D eigenvalue weighted by atomic mass is 9.95. The van der Waals surface area contributed by atoms with Gasteiger partial charge in [-0.05, 0) is 49.9 Å². The lowest BCUT2D eigenvalue weighted by Gasteiger charge is -2.33. The molecule has 1 aromatic carbocycles. The van der Waals surface area contributed by atoms with Crippen molar-refractivity contribution in [2.75, 3.05) is 38.5 Å². The highest BCUT2D eigenvalue weighted by Crippen LogP contribution is 2.24. The Kier molecular flexibility index (Phi) is 6.37. The van der Waals surface area contributed by atoms with Crippen LogP contribution in [0.25, 0.3) is 0 Å². The maximum Gasteiger partial charge on any atom is 0.253 e. The number of rotatable bonds is 5. The summed E-state index contributed by atoms with van der Waals surface area (Å²) in [6.45, 7) is 3.27. The number of amides is 2. The molecule has 0 aliphatic carbocycles. The Morgan fingerprint density at radius 3 is 2.24 bits per heavy atom. The number of aliphatic hydroxyl groups is 1. The summed E-state index contributed by atoms with van der Waals surface area (Å²) in [5.74, 6) is 1.08. The molecule has 3 rings (SSSR count). The maximum absolute atomic E-state index is 12.6. The molecule has 136 valence electrons. The molecule has 0 saturated carbocycles. The van der Waals surface area contributed by atoms with E-state index < -0.39 is 0 Å². The van der Waals surface area contributed by atoms with Crippen LogP contribution in [0.4, 0.5) is 0 Å². The average molecular weight is 362 g/mol. The van der Waals surface area contributed by atoms with E-state index in [4.69, 9.17) is 5.11 Å². The van der Waals surface area contributed by atoms with Crippen LogP contribution in [0.1, 0.15) is 36.0 Å². The van der Waals surface area contributed by atoms with Crippen LogP contribution < -0.4 is 0 Å². The van der Waals surface area contributed by atoms with Gasteiger partial charge in [0.2, 0.25) is 5.91 Å². The molecule has 2 aliphatic rings. The summed E-state index contributed by atoms with van der Waals surface area (Å²) < 4.78 is 0. The van der Waals surface area contributed by atoms with Gasteiger partial charge < -0.3 is 14.9 Å². The third-order valence-electron chi connectivity index (χ3n) is 5.01. The molecule has 0 unspecified atom stereocenters. The molecule has 0 radical (unpaired) electrons. The Balaban J connectivity index is 1.51. The first-order chi connectivity index (χ1) is 12.2. The molecule has 0 bridgehead atoms. The number of likely N-dealkylation sites (tertiary alicyclic amines) is 2. The summed E-state index contributed by atoms with van der Waals surface area (Å²) in [4.78, 5) is 30.0. The van der Waals surface area contributed by atoms with Gasteiger partial charge in [-0.1, -0.05) is 0 Å². The van der Waals surface area contributed by atoms with Crippen molar-refractivity contribution in [3.05, 3.63) is 29.8 Å². The van der Waals surface area contributed by atoms with E-state index in [9.17, 15) is 9.59 Å². The van der Waals surface area contributed by atoms with Gasteiger partial charge in [-0.2, -0.15) is 0 Å². The van der Waals surface area contributed by atoms with Gasteiger partial charge in [0.1, 0.15) is 0 Å². The van der Waals surface area contributed by atoms with E-state index in [1.165, 1.54) is 0 Å². The summed E-state index contributed by atoms with van der Waals surface area (Å²) in [6, 6.07) is 7.56. The van der Waals surface area contributed by atoms with Crippen LogP contribution in [-0.2, 0) is 4.79 Å². The number of carbonyl (C=O) groups excluding carboxylic acids is 2. The van der Waals surface area contributed by atoms with Crippen molar-refractivity contribution in [2.24, 2.45) is 5.92 Å². The van der Waals surface area contributed by atoms with Gasteiger partial charge in [0, 0.05) is 48.3 Å². The lowest BCUT2D eigenvalue weighted by molar-refractivity contribution is -0.135. The summed E-state index contributed by atoms with van der Waals surface area (Å²) in [5.41, 5.74) is 0.692. The molecule has 25 heavy (non-hydrogen) atoms. The van der Waals surface area contributed by atoms with Gasteiger partial charge in [0.05, 0.1) is 6.61 Å². The van der Waals surface area contributed by atoms with Crippen molar-refractivity contribution in [3.63, 3.8) is 0 Å². The first kappa shape index (κ1) is 18.3. The molecular formula is C19H26N2O3S. The van der Waals surface area contributed by atoms with Crippen molar-refractivity contribution >= 4 is 23.6 Å². The molecule has 2 fully saturated rings. The van der Waals surface area contributed by atoms with Crippen LogP contribution in [0.5, 0.6) is 0 Å². The largest absolute Gasteiger partial charge is 0.396 e. The molecule has 2 heterocycles. The van der Waals surface area contributed by atoms with Crippen LogP contribution in [-0.4, -0.2) is 65.3 Å². The fraction of sp³-hybridized carbons (Fsp3) is 0.579. The molecule has 1 aromatic rings. The first-order valence-corrected chi connectivity index (χ1v) is 10.1. The number of aliphatic hydroxyl groups excluding tert-OH is 1. The third-order valence-corrected chi connectivity index (χ3v) is 6.00. The predicted molar refractivity (Wildman–Crippen MR) is 98.7 cm³/mol. The second-order valence-electron chi connectivity index (χ2n) is 6.70. The molecule has 6 heteroatoms. The highest BCUT2D eigenvalue weighted by atomic mass is 32.2. The number of carbonyl (C=O) groups is 2. The Morgan fingerprint density at radius 1 is 1.00 bits per heavy atom. The number of piperidine rings is 1. The predicted octanol–water partition coefficient (Wildman–Crippen LogP) is 2.25. The number of benzene rings is 1. The Morgan fingerprint density at radius 2 is 1.64 bits per heavy atom. The van der Waals surface area contributed by atoms with Crippen LogP contribution in [0.15, 0.2) is 29.2 Å². The van der Waals surface area contributed by atoms with E-state index in [0.717, 1.165) is 43.7 Å². The SMILES string of the molecule is O=C(c1ccc(SCCO)cc1)N1CCC(C(=O)N2CCCC2)CC1. The van der Waals surface area contributed by atoms with E-state index in [1.807, 2.05) is 34.1 Å². The van der Waals surface area contributed by atoms with Crippen molar-refractivity contribution in [1.82, 2.24) is 9.80 Å². The lowest BCUT2D eigenvalue weighted by Crippen LogP contribution is -2.43. The summed E-state index contributed by atoms with van der Waals surface area (Å²) in [7, 11) is 0. The van der Waals surface area contributed by atoms with E-state index in [1.54, 1.807) is 11.8 Å². The Labute approximate surface area is 153 Å². The number of hydrogen-bond acceptors (Lipinski definition) is 4. The second kappa shape index (κ2) is 8.72. The monoisotopic (exact) mass is 362 g/mol. The highest BCUT2D eigenvalue weighted by molar-refractivity contribution is 7.99. The Bertz CT molecular complexity index is 591. The van der Waals surface area contributed by atoms with E-state index in [2.05, 4.69) is 0 Å². The van der Waals surface area contributed by atoms with Crippen LogP contribution >= 0.6 is 11.8 Å². The zero-order valence-electron chi connectivity index (χ0n) is 14.5. The van der Waals surface area contributed by atoms with Gasteiger partial charge >= 0.3 is 0 Å². The van der Waals surface area contributed by atoms with E-state index in [-0.39, 0.29) is 24.3 Å². The normalized spacial score (nSPS) is 18.6. The standard InChI is InChI=1S/C19H26N2O3S/c22-13-14-25-17-5-3-15(4-6-17)18(23)21-11-7-16(8-12-21)19(24)20-9-1-2-10-20/h3-6,16,22H,1-2,7-14H2. The second-order valence-corrected chi connectivity index (χ2v) is 7.86. The molecule has 1 N–H and O–H groups in total. The fourth-order valence-electron chi connectivity index (χ4n) is 3.57. The fourth-order valence-corrected chi connectivity index (χ4v) is 4.22. The number of thioether (sulfide) groups is 1. The van der Waals surface area contributed by atoms with Gasteiger partial charge in [-0.25, -0.2) is 0 Å². The highest BCUT2D eigenvalue weighted by Gasteiger charge is 2.31. The van der Waals surface area contributed by atoms with Crippen LogP contribution in [0.3, 0.4) is 0 Å². The molecule has 5 nitrogen and oxygen atoms in total. The summed E-state index contributed by atoms with van der Waals surface area (Å²) >= 11 is 1.57. The van der Waals surface area contributed by atoms with Crippen LogP contribution in [0, 0.1) is 5.92 Å². The first-order valence-electron chi connectivity index (χ1n) is 9.11. The quantitative estimate of drug-likeness (QED) is 0.816.